The van der Waals surface area contributed by atoms with Crippen molar-refractivity contribution in [1.29, 1.82) is 0 Å². The van der Waals surface area contributed by atoms with Crippen LogP contribution in [0.25, 0.3) is 0 Å². The van der Waals surface area contributed by atoms with E-state index in [0.717, 1.165) is 0 Å². The van der Waals surface area contributed by atoms with Gasteiger partial charge in [-0.3, -0.25) is 0 Å². The summed E-state index contributed by atoms with van der Waals surface area (Å²) >= 11 is 0. The molecule has 0 atom stereocenters. The average Bonchev–Trinajstić information content (AvgIpc) is 2.07. The van der Waals surface area contributed by atoms with Crippen LogP contribution in [-0.2, 0) is 6.54 Å². The van der Waals surface area contributed by atoms with Crippen molar-refractivity contribution >= 4 is 5.97 Å². The van der Waals surface area contributed by atoms with Crippen LogP contribution in [0.1, 0.15) is 15.9 Å². The number of phenolic OH excluding ortho intramolecular Hbond substituents is 1. The molecule has 1 aromatic carbocycles. The Labute approximate surface area is 82.4 Å². The third-order valence-electron chi connectivity index (χ3n) is 1.81. The molecule has 0 saturated heterocycles. The molecule has 0 heterocycles. The quantitative estimate of drug-likeness (QED) is 0.759. The van der Waals surface area contributed by atoms with Crippen LogP contribution in [0.5, 0.6) is 5.75 Å². The molecule has 0 unspecified atom stereocenters. The van der Waals surface area contributed by atoms with Gasteiger partial charge in [0.2, 0.25) is 0 Å². The first-order chi connectivity index (χ1) is 6.50. The zero-order chi connectivity index (χ0) is 10.7. The third kappa shape index (κ3) is 2.47. The van der Waals surface area contributed by atoms with Crippen molar-refractivity contribution in [3.05, 3.63) is 29.3 Å². The van der Waals surface area contributed by atoms with Crippen LogP contribution < -0.4 is 0 Å². The summed E-state index contributed by atoms with van der Waals surface area (Å²) in [7, 11) is 3.72. The van der Waals surface area contributed by atoms with Crippen molar-refractivity contribution in [3.63, 3.8) is 0 Å². The normalized spacial score (nSPS) is 10.5. The van der Waals surface area contributed by atoms with E-state index in [4.69, 9.17) is 10.2 Å². The maximum atomic E-state index is 10.8. The highest BCUT2D eigenvalue weighted by Gasteiger charge is 2.11. The van der Waals surface area contributed by atoms with Crippen LogP contribution in [0, 0.1) is 0 Å². The van der Waals surface area contributed by atoms with Gasteiger partial charge in [-0.25, -0.2) is 4.79 Å². The Kier molecular flexibility index (Phi) is 3.09. The summed E-state index contributed by atoms with van der Waals surface area (Å²) in [6.45, 7) is 0.544. The molecule has 14 heavy (non-hydrogen) atoms. The largest absolute Gasteiger partial charge is 0.508 e. The summed E-state index contributed by atoms with van der Waals surface area (Å²) in [6.07, 6.45) is 0. The number of rotatable bonds is 3. The summed E-state index contributed by atoms with van der Waals surface area (Å²) in [5.74, 6) is -1.04. The number of benzene rings is 1. The first-order valence-corrected chi connectivity index (χ1v) is 4.20. The molecule has 0 aliphatic rings. The number of hydrogen-bond acceptors (Lipinski definition) is 3. The van der Waals surface area contributed by atoms with E-state index in [2.05, 4.69) is 0 Å². The Morgan fingerprint density at radius 3 is 2.57 bits per heavy atom. The highest BCUT2D eigenvalue weighted by atomic mass is 16.4. The molecule has 0 aromatic heterocycles. The van der Waals surface area contributed by atoms with Crippen LogP contribution in [0.2, 0.25) is 0 Å². The zero-order valence-electron chi connectivity index (χ0n) is 8.19. The minimum Gasteiger partial charge on any atom is -0.508 e. The Morgan fingerprint density at radius 2 is 2.07 bits per heavy atom. The molecule has 0 aliphatic carbocycles. The lowest BCUT2D eigenvalue weighted by Crippen LogP contribution is -2.14. The molecule has 1 aromatic rings. The van der Waals surface area contributed by atoms with Crippen LogP contribution in [-0.4, -0.2) is 35.2 Å². The zero-order valence-corrected chi connectivity index (χ0v) is 8.19. The summed E-state index contributed by atoms with van der Waals surface area (Å²) in [6, 6.07) is 4.38. The fourth-order valence-electron chi connectivity index (χ4n) is 1.24. The maximum absolute atomic E-state index is 10.8. The Hall–Kier alpha value is -1.55. The predicted molar refractivity (Wildman–Crippen MR) is 52.5 cm³/mol. The summed E-state index contributed by atoms with van der Waals surface area (Å²) in [5, 5.41) is 18.0. The van der Waals surface area contributed by atoms with Gasteiger partial charge in [-0.05, 0) is 31.8 Å². The van der Waals surface area contributed by atoms with Crippen molar-refractivity contribution in [3.8, 4) is 5.75 Å². The van der Waals surface area contributed by atoms with Gasteiger partial charge in [0.25, 0.3) is 0 Å². The van der Waals surface area contributed by atoms with E-state index in [1.54, 1.807) is 6.07 Å². The fraction of sp³-hybridized carbons (Fsp3) is 0.300. The summed E-state index contributed by atoms with van der Waals surface area (Å²) < 4.78 is 0. The first-order valence-electron chi connectivity index (χ1n) is 4.20. The lowest BCUT2D eigenvalue weighted by molar-refractivity contribution is 0.0694. The standard InChI is InChI=1S/C10H13NO3/c1-11(2)6-7-3-4-8(12)5-9(7)10(13)14/h3-5,12H,6H2,1-2H3,(H,13,14). The number of aromatic carboxylic acids is 1. The molecule has 76 valence electrons. The molecular formula is C10H13NO3. The molecule has 4 heteroatoms. The van der Waals surface area contributed by atoms with Crippen molar-refractivity contribution < 1.29 is 15.0 Å². The molecule has 0 amide bonds. The molecule has 2 N–H and O–H groups in total. The van der Waals surface area contributed by atoms with E-state index in [1.165, 1.54) is 12.1 Å². The minimum absolute atomic E-state index is 0.0232. The van der Waals surface area contributed by atoms with Gasteiger partial charge in [-0.2, -0.15) is 0 Å². The van der Waals surface area contributed by atoms with Gasteiger partial charge in [0.1, 0.15) is 5.75 Å². The number of nitrogens with zero attached hydrogens (tertiary/aromatic N) is 1. The van der Waals surface area contributed by atoms with E-state index in [-0.39, 0.29) is 11.3 Å². The molecule has 0 radical (unpaired) electrons. The van der Waals surface area contributed by atoms with E-state index in [0.29, 0.717) is 12.1 Å². The second-order valence-electron chi connectivity index (χ2n) is 3.38. The van der Waals surface area contributed by atoms with Crippen LogP contribution in [0.15, 0.2) is 18.2 Å². The van der Waals surface area contributed by atoms with Crippen LogP contribution in [0.3, 0.4) is 0 Å². The number of aromatic hydroxyl groups is 1. The van der Waals surface area contributed by atoms with Gasteiger partial charge in [-0.15, -0.1) is 0 Å². The number of carboxylic acid groups (broad SMARTS) is 1. The van der Waals surface area contributed by atoms with E-state index < -0.39 is 5.97 Å². The smallest absolute Gasteiger partial charge is 0.336 e. The third-order valence-corrected chi connectivity index (χ3v) is 1.81. The Morgan fingerprint density at radius 1 is 1.43 bits per heavy atom. The number of carboxylic acids is 1. The summed E-state index contributed by atoms with van der Waals surface area (Å²) in [5.41, 5.74) is 0.846. The highest BCUT2D eigenvalue weighted by Crippen LogP contribution is 2.17. The monoisotopic (exact) mass is 195 g/mol. The fourth-order valence-corrected chi connectivity index (χ4v) is 1.24. The van der Waals surface area contributed by atoms with Crippen LogP contribution in [0.4, 0.5) is 0 Å². The Balaban J connectivity index is 3.08. The second-order valence-corrected chi connectivity index (χ2v) is 3.38. The van der Waals surface area contributed by atoms with E-state index in [9.17, 15) is 4.79 Å². The van der Waals surface area contributed by atoms with Gasteiger partial charge in [0, 0.05) is 6.54 Å². The topological polar surface area (TPSA) is 60.8 Å². The van der Waals surface area contributed by atoms with Gasteiger partial charge in [0.05, 0.1) is 5.56 Å². The summed E-state index contributed by atoms with van der Waals surface area (Å²) in [4.78, 5) is 12.7. The van der Waals surface area contributed by atoms with Gasteiger partial charge in [0.15, 0.2) is 0 Å². The lowest BCUT2D eigenvalue weighted by atomic mass is 10.1. The van der Waals surface area contributed by atoms with Crippen LogP contribution >= 0.6 is 0 Å². The van der Waals surface area contributed by atoms with E-state index >= 15 is 0 Å². The van der Waals surface area contributed by atoms with Crippen molar-refractivity contribution in [1.82, 2.24) is 4.90 Å². The Bertz CT molecular complexity index is 347. The molecular weight excluding hydrogens is 182 g/mol. The molecule has 0 aliphatic heterocycles. The first kappa shape index (κ1) is 10.5. The van der Waals surface area contributed by atoms with E-state index in [1.807, 2.05) is 19.0 Å². The highest BCUT2D eigenvalue weighted by molar-refractivity contribution is 5.89. The van der Waals surface area contributed by atoms with Crippen molar-refractivity contribution in [2.24, 2.45) is 0 Å². The van der Waals surface area contributed by atoms with Gasteiger partial charge >= 0.3 is 5.97 Å². The molecule has 1 rings (SSSR count). The number of phenols is 1. The molecule has 0 spiro atoms. The van der Waals surface area contributed by atoms with Crippen molar-refractivity contribution in [2.45, 2.75) is 6.54 Å². The predicted octanol–water partition coefficient (Wildman–Crippen LogP) is 1.15. The molecule has 0 bridgehead atoms. The molecule has 4 nitrogen and oxygen atoms in total. The second kappa shape index (κ2) is 4.11. The minimum atomic E-state index is -1.02. The van der Waals surface area contributed by atoms with Gasteiger partial charge < -0.3 is 15.1 Å². The lowest BCUT2D eigenvalue weighted by Gasteiger charge is -2.12. The maximum Gasteiger partial charge on any atom is 0.336 e. The molecule has 0 saturated carbocycles. The number of hydrogen-bond donors (Lipinski definition) is 2. The SMILES string of the molecule is CN(C)Cc1ccc(O)cc1C(=O)O. The van der Waals surface area contributed by atoms with Crippen molar-refractivity contribution in [2.75, 3.05) is 14.1 Å². The number of carbonyl (C=O) groups is 1. The average molecular weight is 195 g/mol. The van der Waals surface area contributed by atoms with Gasteiger partial charge in [-0.1, -0.05) is 6.07 Å². The molecule has 0 fully saturated rings.